The molecule has 82 valence electrons. The molecule has 0 radical (unpaired) electrons. The van der Waals surface area contributed by atoms with E-state index in [-0.39, 0.29) is 18.6 Å². The first-order valence-corrected chi connectivity index (χ1v) is 4.64. The average Bonchev–Trinajstić information content (AvgIpc) is 2.59. The second-order valence-electron chi connectivity index (χ2n) is 3.26. The fourth-order valence-corrected chi connectivity index (χ4v) is 1.15. The Balaban J connectivity index is 1.82. The number of carbonyl (C=O) groups excluding carboxylic acids is 1. The van der Waals surface area contributed by atoms with Crippen LogP contribution in [0.3, 0.4) is 0 Å². The van der Waals surface area contributed by atoms with Gasteiger partial charge in [0.15, 0.2) is 0 Å². The van der Waals surface area contributed by atoms with E-state index in [1.54, 1.807) is 6.20 Å². The summed E-state index contributed by atoms with van der Waals surface area (Å²) in [6.07, 6.45) is 1.52. The van der Waals surface area contributed by atoms with Crippen LogP contribution in [0.2, 0.25) is 0 Å². The summed E-state index contributed by atoms with van der Waals surface area (Å²) in [7, 11) is 0. The second-order valence-corrected chi connectivity index (χ2v) is 3.26. The van der Waals surface area contributed by atoms with E-state index in [9.17, 15) is 4.79 Å². The van der Waals surface area contributed by atoms with Crippen LogP contribution in [0, 0.1) is 0 Å². The maximum atomic E-state index is 11.3. The highest BCUT2D eigenvalue weighted by Gasteiger charge is 2.22. The van der Waals surface area contributed by atoms with Gasteiger partial charge in [-0.15, -0.1) is 5.10 Å². The molecule has 2 N–H and O–H groups in total. The average molecular weight is 212 g/mol. The lowest BCUT2D eigenvalue weighted by Crippen LogP contribution is -2.38. The molecule has 15 heavy (non-hydrogen) atoms. The van der Waals surface area contributed by atoms with Crippen molar-refractivity contribution in [3.63, 3.8) is 0 Å². The van der Waals surface area contributed by atoms with Gasteiger partial charge in [0.2, 0.25) is 0 Å². The third kappa shape index (κ3) is 2.51. The number of nitrogens with two attached hydrogens (primary N) is 1. The Labute approximate surface area is 86.1 Å². The van der Waals surface area contributed by atoms with Gasteiger partial charge in [0.1, 0.15) is 12.6 Å². The fourth-order valence-electron chi connectivity index (χ4n) is 1.15. The van der Waals surface area contributed by atoms with Crippen LogP contribution in [-0.4, -0.2) is 40.3 Å². The van der Waals surface area contributed by atoms with Gasteiger partial charge in [-0.1, -0.05) is 5.21 Å². The molecule has 0 bridgehead atoms. The third-order valence-corrected chi connectivity index (χ3v) is 1.99. The van der Waals surface area contributed by atoms with Crippen molar-refractivity contribution >= 4 is 5.97 Å². The van der Waals surface area contributed by atoms with E-state index in [1.807, 2.05) is 0 Å². The Morgan fingerprint density at radius 3 is 3.07 bits per heavy atom. The zero-order valence-corrected chi connectivity index (χ0v) is 8.13. The predicted octanol–water partition coefficient (Wildman–Crippen LogP) is -1.32. The van der Waals surface area contributed by atoms with Gasteiger partial charge in [-0.2, -0.15) is 0 Å². The number of esters is 1. The van der Waals surface area contributed by atoms with Gasteiger partial charge in [0.05, 0.1) is 25.1 Å². The van der Waals surface area contributed by atoms with Crippen molar-refractivity contribution in [1.82, 2.24) is 15.0 Å². The van der Waals surface area contributed by atoms with Crippen LogP contribution in [0.5, 0.6) is 0 Å². The smallest absolute Gasteiger partial charge is 0.328 e. The van der Waals surface area contributed by atoms with Crippen molar-refractivity contribution in [2.45, 2.75) is 19.2 Å². The lowest BCUT2D eigenvalue weighted by atomic mass is 10.3. The van der Waals surface area contributed by atoms with Crippen LogP contribution in [-0.2, 0) is 27.4 Å². The third-order valence-electron chi connectivity index (χ3n) is 1.99. The summed E-state index contributed by atoms with van der Waals surface area (Å²) in [6.45, 7) is 1.34. The molecular weight excluding hydrogens is 200 g/mol. The number of hydrogen-bond acceptors (Lipinski definition) is 6. The first-order valence-electron chi connectivity index (χ1n) is 4.64. The Bertz CT molecular complexity index is 347. The fraction of sp³-hybridized carbons (Fsp3) is 0.625. The van der Waals surface area contributed by atoms with Crippen molar-refractivity contribution in [2.75, 3.05) is 13.2 Å². The summed E-state index contributed by atoms with van der Waals surface area (Å²) in [5.74, 6) is -0.336. The molecule has 0 aromatic carbocycles. The van der Waals surface area contributed by atoms with Crippen LogP contribution >= 0.6 is 0 Å². The molecule has 0 spiro atoms. The molecule has 1 aromatic rings. The molecule has 0 amide bonds. The normalized spacial score (nSPS) is 16.1. The molecule has 0 unspecified atom stereocenters. The first-order chi connectivity index (χ1) is 7.28. The van der Waals surface area contributed by atoms with Crippen LogP contribution < -0.4 is 5.73 Å². The summed E-state index contributed by atoms with van der Waals surface area (Å²) in [4.78, 5) is 11.3. The van der Waals surface area contributed by atoms with E-state index in [2.05, 4.69) is 10.3 Å². The lowest BCUT2D eigenvalue weighted by Gasteiger charge is -2.25. The van der Waals surface area contributed by atoms with E-state index in [0.717, 1.165) is 0 Å². The molecule has 1 aromatic heterocycles. The minimum atomic E-state index is -0.336. The van der Waals surface area contributed by atoms with Gasteiger partial charge in [0, 0.05) is 6.54 Å². The monoisotopic (exact) mass is 212 g/mol. The summed E-state index contributed by atoms with van der Waals surface area (Å²) in [6, 6.07) is 0. The van der Waals surface area contributed by atoms with Crippen molar-refractivity contribution < 1.29 is 14.3 Å². The molecule has 1 saturated heterocycles. The highest BCUT2D eigenvalue weighted by Crippen LogP contribution is 2.05. The highest BCUT2D eigenvalue weighted by atomic mass is 16.6. The number of carbonyl (C=O) groups is 1. The van der Waals surface area contributed by atoms with Gasteiger partial charge < -0.3 is 15.2 Å². The van der Waals surface area contributed by atoms with E-state index in [4.69, 9.17) is 15.2 Å². The Hall–Kier alpha value is -1.47. The molecule has 1 aliphatic rings. The molecule has 1 aliphatic heterocycles. The van der Waals surface area contributed by atoms with Gasteiger partial charge in [-0.05, 0) is 0 Å². The van der Waals surface area contributed by atoms with Crippen LogP contribution in [0.4, 0.5) is 0 Å². The number of aromatic nitrogens is 3. The van der Waals surface area contributed by atoms with Crippen LogP contribution in [0.15, 0.2) is 6.20 Å². The minimum absolute atomic E-state index is 0.0590. The molecule has 2 heterocycles. The van der Waals surface area contributed by atoms with E-state index in [1.165, 1.54) is 4.68 Å². The van der Waals surface area contributed by atoms with Crippen molar-refractivity contribution in [1.29, 1.82) is 0 Å². The largest absolute Gasteiger partial charge is 0.456 e. The Morgan fingerprint density at radius 2 is 2.53 bits per heavy atom. The van der Waals surface area contributed by atoms with Crippen molar-refractivity contribution in [3.8, 4) is 0 Å². The van der Waals surface area contributed by atoms with Gasteiger partial charge >= 0.3 is 5.97 Å². The lowest BCUT2D eigenvalue weighted by molar-refractivity contribution is -0.173. The minimum Gasteiger partial charge on any atom is -0.456 e. The summed E-state index contributed by atoms with van der Waals surface area (Å²) in [5.41, 5.74) is 6.00. The van der Waals surface area contributed by atoms with Gasteiger partial charge in [0.25, 0.3) is 0 Å². The first kappa shape index (κ1) is 10.1. The highest BCUT2D eigenvalue weighted by molar-refractivity contribution is 5.69. The Morgan fingerprint density at radius 1 is 1.73 bits per heavy atom. The summed E-state index contributed by atoms with van der Waals surface area (Å²) < 4.78 is 11.3. The number of hydrogen-bond donors (Lipinski definition) is 1. The SMILES string of the molecule is NCc1cn(CC(=O)OC2COC2)nn1. The maximum absolute atomic E-state index is 11.3. The van der Waals surface area contributed by atoms with Gasteiger partial charge in [-0.25, -0.2) is 4.68 Å². The number of nitrogens with zero attached hydrogens (tertiary/aromatic N) is 3. The standard InChI is InChI=1S/C8H12N4O3/c9-1-6-2-12(11-10-6)3-8(13)15-7-4-14-5-7/h2,7H,1,3-5,9H2. The number of ether oxygens (including phenoxy) is 2. The molecule has 0 aliphatic carbocycles. The van der Waals surface area contributed by atoms with Crippen molar-refractivity contribution in [2.24, 2.45) is 5.73 Å². The topological polar surface area (TPSA) is 92.3 Å². The predicted molar refractivity (Wildman–Crippen MR) is 48.6 cm³/mol. The second kappa shape index (κ2) is 4.37. The van der Waals surface area contributed by atoms with Crippen LogP contribution in [0.1, 0.15) is 5.69 Å². The van der Waals surface area contributed by atoms with Crippen molar-refractivity contribution in [3.05, 3.63) is 11.9 Å². The molecule has 2 rings (SSSR count). The molecule has 0 saturated carbocycles. The maximum Gasteiger partial charge on any atom is 0.328 e. The molecule has 0 atom stereocenters. The summed E-state index contributed by atoms with van der Waals surface area (Å²) in [5, 5.41) is 7.49. The number of rotatable bonds is 4. The quantitative estimate of drug-likeness (QED) is 0.622. The molecule has 7 heteroatoms. The zero-order chi connectivity index (χ0) is 10.7. The molecule has 7 nitrogen and oxygen atoms in total. The van der Waals surface area contributed by atoms with E-state index in [0.29, 0.717) is 25.5 Å². The van der Waals surface area contributed by atoms with E-state index < -0.39 is 0 Å². The summed E-state index contributed by atoms with van der Waals surface area (Å²) >= 11 is 0. The van der Waals surface area contributed by atoms with E-state index >= 15 is 0 Å². The Kier molecular flexibility index (Phi) is 2.93. The van der Waals surface area contributed by atoms with Gasteiger partial charge in [-0.3, -0.25) is 4.79 Å². The molecule has 1 fully saturated rings. The molecular formula is C8H12N4O3. The zero-order valence-electron chi connectivity index (χ0n) is 8.13. The van der Waals surface area contributed by atoms with Crippen LogP contribution in [0.25, 0.3) is 0 Å².